The van der Waals surface area contributed by atoms with E-state index in [1.165, 1.54) is 38.5 Å². The molecule has 1 aromatic carbocycles. The molecule has 0 nitrogen and oxygen atoms in total. The Morgan fingerprint density at radius 2 is 2.15 bits per heavy atom. The molecule has 0 saturated heterocycles. The van der Waals surface area contributed by atoms with Gasteiger partial charge in [-0.15, -0.1) is 0 Å². The van der Waals surface area contributed by atoms with Crippen LogP contribution < -0.4 is 0 Å². The number of fused-ring (bicyclic) bond motifs is 5. The number of hydrogen-bond donors (Lipinski definition) is 0. The van der Waals surface area contributed by atoms with E-state index in [0.717, 1.165) is 17.8 Å². The van der Waals surface area contributed by atoms with E-state index in [4.69, 9.17) is 0 Å². The molecule has 3 atom stereocenters. The minimum Gasteiger partial charge on any atom is -0.0851 e. The van der Waals surface area contributed by atoms with E-state index in [1.807, 2.05) is 0 Å². The molecular formula is C20H26. The van der Waals surface area contributed by atoms with Gasteiger partial charge in [-0.3, -0.25) is 0 Å². The lowest BCUT2D eigenvalue weighted by Gasteiger charge is -2.42. The molecular weight excluding hydrogens is 240 g/mol. The zero-order valence-corrected chi connectivity index (χ0v) is 12.9. The van der Waals surface area contributed by atoms with Gasteiger partial charge in [0.2, 0.25) is 0 Å². The second-order valence-electron chi connectivity index (χ2n) is 7.74. The van der Waals surface area contributed by atoms with E-state index in [2.05, 4.69) is 44.2 Å². The first-order chi connectivity index (χ1) is 9.69. The lowest BCUT2D eigenvalue weighted by atomic mass is 9.62. The highest BCUT2D eigenvalue weighted by Gasteiger charge is 2.50. The van der Waals surface area contributed by atoms with Crippen molar-refractivity contribution in [1.82, 2.24) is 0 Å². The highest BCUT2D eigenvalue weighted by atomic mass is 14.5. The number of allylic oxidation sites excluding steroid dienone is 2. The first-order valence-electron chi connectivity index (χ1n) is 8.48. The van der Waals surface area contributed by atoms with Crippen molar-refractivity contribution < 1.29 is 0 Å². The third-order valence-electron chi connectivity index (χ3n) is 6.00. The molecule has 0 aromatic heterocycles. The van der Waals surface area contributed by atoms with Gasteiger partial charge < -0.3 is 0 Å². The molecule has 3 aliphatic rings. The maximum atomic E-state index is 2.54. The maximum Gasteiger partial charge on any atom is 0.00244 e. The highest BCUT2D eigenvalue weighted by Crippen LogP contribution is 2.58. The molecule has 3 unspecified atom stereocenters. The minimum absolute atomic E-state index is 0.514. The van der Waals surface area contributed by atoms with Crippen molar-refractivity contribution in [3.05, 3.63) is 47.0 Å². The fourth-order valence-corrected chi connectivity index (χ4v) is 5.29. The van der Waals surface area contributed by atoms with Crippen LogP contribution >= 0.6 is 0 Å². The van der Waals surface area contributed by atoms with Crippen LogP contribution in [0.3, 0.4) is 0 Å². The fourth-order valence-electron chi connectivity index (χ4n) is 5.29. The average Bonchev–Trinajstić information content (AvgIpc) is 3.00. The quantitative estimate of drug-likeness (QED) is 0.657. The van der Waals surface area contributed by atoms with Gasteiger partial charge in [0.15, 0.2) is 0 Å². The standard InChI is InChI=1S/C20H26/c1-14(2)11-16-5-3-7-19-18(16)6-4-10-20(19)13-15-8-9-17(20)12-15/h3,5,7-9,14-15,17H,4,6,10-13H2,1-2H3. The predicted molar refractivity (Wildman–Crippen MR) is 85.0 cm³/mol. The first-order valence-corrected chi connectivity index (χ1v) is 8.48. The van der Waals surface area contributed by atoms with E-state index < -0.39 is 0 Å². The molecule has 0 amide bonds. The first kappa shape index (κ1) is 12.7. The van der Waals surface area contributed by atoms with Crippen molar-refractivity contribution in [2.75, 3.05) is 0 Å². The molecule has 0 radical (unpaired) electrons. The summed E-state index contributed by atoms with van der Waals surface area (Å²) in [6.07, 6.45) is 13.3. The second kappa shape index (κ2) is 4.48. The van der Waals surface area contributed by atoms with Crippen molar-refractivity contribution in [3.8, 4) is 0 Å². The van der Waals surface area contributed by atoms with Crippen LogP contribution in [0.15, 0.2) is 30.4 Å². The average molecular weight is 266 g/mol. The Hall–Kier alpha value is -1.04. The summed E-state index contributed by atoms with van der Waals surface area (Å²) in [4.78, 5) is 0. The molecule has 0 heterocycles. The molecule has 0 aliphatic heterocycles. The molecule has 4 rings (SSSR count). The molecule has 1 spiro atoms. The van der Waals surface area contributed by atoms with Crippen LogP contribution in [0.2, 0.25) is 0 Å². The zero-order valence-electron chi connectivity index (χ0n) is 12.9. The van der Waals surface area contributed by atoms with Crippen LogP contribution in [0.25, 0.3) is 0 Å². The van der Waals surface area contributed by atoms with E-state index in [-0.39, 0.29) is 0 Å². The van der Waals surface area contributed by atoms with Gasteiger partial charge in [0.05, 0.1) is 0 Å². The second-order valence-corrected chi connectivity index (χ2v) is 7.74. The number of benzene rings is 1. The third-order valence-corrected chi connectivity index (χ3v) is 6.00. The van der Waals surface area contributed by atoms with Crippen LogP contribution in [0.1, 0.15) is 56.2 Å². The highest BCUT2D eigenvalue weighted by molar-refractivity contribution is 5.46. The maximum absolute atomic E-state index is 2.54. The summed E-state index contributed by atoms with van der Waals surface area (Å²) in [5.74, 6) is 2.47. The number of rotatable bonds is 2. The van der Waals surface area contributed by atoms with Gasteiger partial charge in [0.25, 0.3) is 0 Å². The molecule has 0 heteroatoms. The summed E-state index contributed by atoms with van der Waals surface area (Å²) >= 11 is 0. The van der Waals surface area contributed by atoms with Crippen LogP contribution in [0, 0.1) is 17.8 Å². The lowest BCUT2D eigenvalue weighted by molar-refractivity contribution is 0.302. The van der Waals surface area contributed by atoms with E-state index >= 15 is 0 Å². The summed E-state index contributed by atoms with van der Waals surface area (Å²) in [6.45, 7) is 4.69. The monoisotopic (exact) mass is 266 g/mol. The van der Waals surface area contributed by atoms with Crippen molar-refractivity contribution in [2.24, 2.45) is 17.8 Å². The van der Waals surface area contributed by atoms with E-state index in [9.17, 15) is 0 Å². The fraction of sp³-hybridized carbons (Fsp3) is 0.600. The third kappa shape index (κ3) is 1.73. The van der Waals surface area contributed by atoms with Crippen molar-refractivity contribution in [2.45, 2.75) is 57.8 Å². The Balaban J connectivity index is 1.80. The van der Waals surface area contributed by atoms with Gasteiger partial charge >= 0.3 is 0 Å². The van der Waals surface area contributed by atoms with Crippen LogP contribution in [0.4, 0.5) is 0 Å². The van der Waals surface area contributed by atoms with Gasteiger partial charge in [-0.05, 0) is 73.0 Å². The molecule has 106 valence electrons. The molecule has 1 fully saturated rings. The molecule has 2 bridgehead atoms. The van der Waals surface area contributed by atoms with E-state index in [1.54, 1.807) is 16.7 Å². The Morgan fingerprint density at radius 3 is 2.85 bits per heavy atom. The molecule has 0 N–H and O–H groups in total. The SMILES string of the molecule is CC(C)Cc1cccc2c1CCCC21CC2C=CC1C2. The Labute approximate surface area is 123 Å². The zero-order chi connectivity index (χ0) is 13.7. The molecule has 1 aromatic rings. The van der Waals surface area contributed by atoms with Gasteiger partial charge in [0.1, 0.15) is 0 Å². The van der Waals surface area contributed by atoms with Crippen molar-refractivity contribution >= 4 is 0 Å². The normalized spacial score (nSPS) is 34.1. The van der Waals surface area contributed by atoms with Crippen LogP contribution in [-0.2, 0) is 18.3 Å². The van der Waals surface area contributed by atoms with E-state index in [0.29, 0.717) is 5.41 Å². The summed E-state index contributed by atoms with van der Waals surface area (Å²) in [7, 11) is 0. The van der Waals surface area contributed by atoms with Gasteiger partial charge in [-0.2, -0.15) is 0 Å². The topological polar surface area (TPSA) is 0 Å². The molecule has 3 aliphatic carbocycles. The van der Waals surface area contributed by atoms with Gasteiger partial charge in [-0.25, -0.2) is 0 Å². The van der Waals surface area contributed by atoms with Crippen LogP contribution in [0.5, 0.6) is 0 Å². The van der Waals surface area contributed by atoms with Crippen molar-refractivity contribution in [1.29, 1.82) is 0 Å². The van der Waals surface area contributed by atoms with Crippen molar-refractivity contribution in [3.63, 3.8) is 0 Å². The smallest absolute Gasteiger partial charge is 0.00244 e. The van der Waals surface area contributed by atoms with Gasteiger partial charge in [0, 0.05) is 5.41 Å². The largest absolute Gasteiger partial charge is 0.0851 e. The summed E-state index contributed by atoms with van der Waals surface area (Å²) < 4.78 is 0. The molecule has 20 heavy (non-hydrogen) atoms. The molecule has 1 saturated carbocycles. The Bertz CT molecular complexity index is 551. The summed E-state index contributed by atoms with van der Waals surface area (Å²) in [5, 5.41) is 0. The van der Waals surface area contributed by atoms with Crippen LogP contribution in [-0.4, -0.2) is 0 Å². The number of hydrogen-bond acceptors (Lipinski definition) is 0. The predicted octanol–water partition coefficient (Wildman–Crippen LogP) is 5.06. The summed E-state index contributed by atoms with van der Waals surface area (Å²) in [5.41, 5.74) is 5.62. The summed E-state index contributed by atoms with van der Waals surface area (Å²) in [6, 6.07) is 7.19. The van der Waals surface area contributed by atoms with Gasteiger partial charge in [-0.1, -0.05) is 44.2 Å². The lowest BCUT2D eigenvalue weighted by Crippen LogP contribution is -2.35. The minimum atomic E-state index is 0.514. The Kier molecular flexibility index (Phi) is 2.84. The Morgan fingerprint density at radius 1 is 1.25 bits per heavy atom.